The Kier molecular flexibility index (Phi) is 3.14. The maximum atomic E-state index is 12.6. The van der Waals surface area contributed by atoms with Gasteiger partial charge in [-0.2, -0.15) is 0 Å². The molecule has 2 saturated carbocycles. The van der Waals surface area contributed by atoms with E-state index in [0.29, 0.717) is 11.5 Å². The predicted molar refractivity (Wildman–Crippen MR) is 90.8 cm³/mol. The van der Waals surface area contributed by atoms with Crippen LogP contribution in [-0.4, -0.2) is 49.8 Å². The topological polar surface area (TPSA) is 77.4 Å². The highest BCUT2D eigenvalue weighted by Crippen LogP contribution is 2.61. The number of nitrogens with zero attached hydrogens (tertiary/aromatic N) is 2. The van der Waals surface area contributed by atoms with Gasteiger partial charge in [0.05, 0.1) is 31.8 Å². The van der Waals surface area contributed by atoms with Crippen LogP contribution in [0.5, 0.6) is 11.5 Å². The molecule has 1 saturated heterocycles. The summed E-state index contributed by atoms with van der Waals surface area (Å²) in [4.78, 5) is 32.2. The highest BCUT2D eigenvalue weighted by Gasteiger charge is 2.70. The van der Waals surface area contributed by atoms with Crippen LogP contribution in [0.15, 0.2) is 23.4 Å². The minimum atomic E-state index is -0.244. The average Bonchev–Trinajstić information content (AvgIpc) is 3.39. The first-order valence-corrected chi connectivity index (χ1v) is 8.84. The third kappa shape index (κ3) is 1.75. The standard InChI is InChI=1S/C19H20N2O5/c1-21-18(22)13-10-7-11(14(13)19(21)23)17-15(10)16(20-26-17)9-5-4-8(24-2)6-12(9)25-3/h4-6,10-11,13-15,17H,7H2,1-3H3/t10-,11+,13+,14-,15+,17+/m0/s1. The molecule has 2 amide bonds. The van der Waals surface area contributed by atoms with Crippen molar-refractivity contribution < 1.29 is 23.9 Å². The summed E-state index contributed by atoms with van der Waals surface area (Å²) in [5, 5.41) is 4.35. The molecule has 0 radical (unpaired) electrons. The number of hydrogen-bond donors (Lipinski definition) is 0. The van der Waals surface area contributed by atoms with Crippen molar-refractivity contribution >= 4 is 17.5 Å². The van der Waals surface area contributed by atoms with Crippen molar-refractivity contribution in [2.24, 2.45) is 34.7 Å². The van der Waals surface area contributed by atoms with E-state index in [0.717, 1.165) is 17.7 Å². The Morgan fingerprint density at radius 3 is 2.50 bits per heavy atom. The molecule has 0 aromatic heterocycles. The van der Waals surface area contributed by atoms with Gasteiger partial charge in [-0.3, -0.25) is 14.5 Å². The van der Waals surface area contributed by atoms with Crippen LogP contribution in [0, 0.1) is 29.6 Å². The molecule has 5 rings (SSSR count). The van der Waals surface area contributed by atoms with Crippen LogP contribution in [0.3, 0.4) is 0 Å². The van der Waals surface area contributed by atoms with Gasteiger partial charge in [0.1, 0.15) is 17.6 Å². The van der Waals surface area contributed by atoms with E-state index in [1.54, 1.807) is 21.3 Å². The summed E-state index contributed by atoms with van der Waals surface area (Å²) in [6.45, 7) is 0. The van der Waals surface area contributed by atoms with Crippen molar-refractivity contribution in [2.75, 3.05) is 21.3 Å². The van der Waals surface area contributed by atoms with Gasteiger partial charge < -0.3 is 14.3 Å². The number of carbonyl (C=O) groups is 2. The van der Waals surface area contributed by atoms with Crippen molar-refractivity contribution in [3.05, 3.63) is 23.8 Å². The smallest absolute Gasteiger partial charge is 0.233 e. The summed E-state index contributed by atoms with van der Waals surface area (Å²) in [5.74, 6) is 0.925. The first-order valence-electron chi connectivity index (χ1n) is 8.84. The normalized spacial score (nSPS) is 36.7. The van der Waals surface area contributed by atoms with E-state index < -0.39 is 0 Å². The van der Waals surface area contributed by atoms with Crippen molar-refractivity contribution in [1.82, 2.24) is 4.90 Å². The lowest BCUT2D eigenvalue weighted by molar-refractivity contribution is -0.139. The van der Waals surface area contributed by atoms with Gasteiger partial charge in [-0.05, 0) is 24.5 Å². The zero-order valence-electron chi connectivity index (χ0n) is 14.8. The van der Waals surface area contributed by atoms with Crippen LogP contribution in [0.25, 0.3) is 0 Å². The number of oxime groups is 1. The summed E-state index contributed by atoms with van der Waals surface area (Å²) in [7, 11) is 4.80. The number of hydrogen-bond acceptors (Lipinski definition) is 6. The number of likely N-dealkylation sites (tertiary alicyclic amines) is 1. The Morgan fingerprint density at radius 2 is 1.81 bits per heavy atom. The predicted octanol–water partition coefficient (Wildman–Crippen LogP) is 1.30. The van der Waals surface area contributed by atoms with Crippen LogP contribution >= 0.6 is 0 Å². The summed E-state index contributed by atoms with van der Waals surface area (Å²) in [6, 6.07) is 5.60. The Balaban J connectivity index is 1.53. The molecule has 3 fully saturated rings. The molecule has 26 heavy (non-hydrogen) atoms. The molecule has 1 aromatic carbocycles. The summed E-state index contributed by atoms with van der Waals surface area (Å²) in [5.41, 5.74) is 1.67. The molecule has 0 unspecified atom stereocenters. The summed E-state index contributed by atoms with van der Waals surface area (Å²) < 4.78 is 10.8. The number of benzene rings is 1. The van der Waals surface area contributed by atoms with Gasteiger partial charge in [0.15, 0.2) is 0 Å². The fourth-order valence-electron chi connectivity index (χ4n) is 5.51. The number of imide groups is 1. The Bertz CT molecular complexity index is 850. The Morgan fingerprint density at radius 1 is 1.08 bits per heavy atom. The molecular formula is C19H20N2O5. The highest BCUT2D eigenvalue weighted by atomic mass is 16.6. The van der Waals surface area contributed by atoms with E-state index in [9.17, 15) is 9.59 Å². The molecule has 2 aliphatic carbocycles. The number of rotatable bonds is 3. The zero-order chi connectivity index (χ0) is 18.2. The molecule has 0 spiro atoms. The van der Waals surface area contributed by atoms with Crippen molar-refractivity contribution in [1.29, 1.82) is 0 Å². The van der Waals surface area contributed by atoms with E-state index in [4.69, 9.17) is 14.3 Å². The van der Waals surface area contributed by atoms with Crippen molar-refractivity contribution in [3.63, 3.8) is 0 Å². The van der Waals surface area contributed by atoms with Crippen molar-refractivity contribution in [2.45, 2.75) is 12.5 Å². The van der Waals surface area contributed by atoms with Gasteiger partial charge in [0.25, 0.3) is 0 Å². The van der Waals surface area contributed by atoms with E-state index >= 15 is 0 Å². The fourth-order valence-corrected chi connectivity index (χ4v) is 5.51. The molecule has 4 aliphatic rings. The van der Waals surface area contributed by atoms with Crippen LogP contribution in [-0.2, 0) is 14.4 Å². The second-order valence-electron chi connectivity index (χ2n) is 7.49. The number of ether oxygens (including phenoxy) is 2. The number of carbonyl (C=O) groups excluding carboxylic acids is 2. The van der Waals surface area contributed by atoms with Gasteiger partial charge >= 0.3 is 0 Å². The highest BCUT2D eigenvalue weighted by molar-refractivity contribution is 6.09. The van der Waals surface area contributed by atoms with E-state index in [1.807, 2.05) is 18.2 Å². The summed E-state index contributed by atoms with van der Waals surface area (Å²) >= 11 is 0. The maximum absolute atomic E-state index is 12.6. The van der Waals surface area contributed by atoms with Crippen LogP contribution in [0.1, 0.15) is 12.0 Å². The minimum absolute atomic E-state index is 0.0202. The Hall–Kier alpha value is -2.57. The molecule has 2 heterocycles. The lowest BCUT2D eigenvalue weighted by atomic mass is 9.71. The van der Waals surface area contributed by atoms with Gasteiger partial charge in [0.2, 0.25) is 11.8 Å². The molecule has 7 nitrogen and oxygen atoms in total. The monoisotopic (exact) mass is 356 g/mol. The lowest BCUT2D eigenvalue weighted by Gasteiger charge is -2.30. The molecule has 0 N–H and O–H groups in total. The first kappa shape index (κ1) is 15.7. The van der Waals surface area contributed by atoms with Gasteiger partial charge in [0, 0.05) is 30.5 Å². The summed E-state index contributed by atoms with van der Waals surface area (Å²) in [6.07, 6.45) is 0.708. The first-order chi connectivity index (χ1) is 12.6. The second kappa shape index (κ2) is 5.22. The third-order valence-electron chi connectivity index (χ3n) is 6.60. The third-order valence-corrected chi connectivity index (χ3v) is 6.60. The number of fused-ring (bicyclic) bond motifs is 8. The van der Waals surface area contributed by atoms with E-state index in [-0.39, 0.29) is 47.5 Å². The van der Waals surface area contributed by atoms with Gasteiger partial charge in [-0.25, -0.2) is 0 Å². The van der Waals surface area contributed by atoms with Crippen LogP contribution < -0.4 is 9.47 Å². The minimum Gasteiger partial charge on any atom is -0.497 e. The molecule has 6 atom stereocenters. The zero-order valence-corrected chi connectivity index (χ0v) is 14.8. The molecule has 7 heteroatoms. The molecular weight excluding hydrogens is 336 g/mol. The molecule has 2 bridgehead atoms. The number of amides is 2. The average molecular weight is 356 g/mol. The van der Waals surface area contributed by atoms with E-state index in [1.165, 1.54) is 4.90 Å². The molecule has 136 valence electrons. The SMILES string of the molecule is COc1ccc(C2=NO[C@@H]3[C@@H]4C[C@@H]([C@H]5C(=O)N(C)C(=O)[C@@H]45)[C@H]23)c(OC)c1. The van der Waals surface area contributed by atoms with E-state index in [2.05, 4.69) is 5.16 Å². The van der Waals surface area contributed by atoms with Gasteiger partial charge in [-0.15, -0.1) is 0 Å². The quantitative estimate of drug-likeness (QED) is 0.763. The van der Waals surface area contributed by atoms with Crippen molar-refractivity contribution in [3.8, 4) is 11.5 Å². The fraction of sp³-hybridized carbons (Fsp3) is 0.526. The largest absolute Gasteiger partial charge is 0.497 e. The second-order valence-corrected chi connectivity index (χ2v) is 7.49. The lowest BCUT2D eigenvalue weighted by Crippen LogP contribution is -2.41. The van der Waals surface area contributed by atoms with Crippen LogP contribution in [0.4, 0.5) is 0 Å². The number of methoxy groups -OCH3 is 2. The van der Waals surface area contributed by atoms with Crippen LogP contribution in [0.2, 0.25) is 0 Å². The molecule has 1 aromatic rings. The molecule has 2 aliphatic heterocycles. The maximum Gasteiger partial charge on any atom is 0.233 e. The Labute approximate surface area is 150 Å². The van der Waals surface area contributed by atoms with Gasteiger partial charge in [-0.1, -0.05) is 5.16 Å².